The molecule has 1 aliphatic carbocycles. The zero-order valence-electron chi connectivity index (χ0n) is 12.7. The van der Waals surface area contributed by atoms with E-state index < -0.39 is 0 Å². The summed E-state index contributed by atoms with van der Waals surface area (Å²) in [5.74, 6) is 0. The third kappa shape index (κ3) is 3.07. The highest BCUT2D eigenvalue weighted by atomic mass is 79.9. The Morgan fingerprint density at radius 2 is 1.90 bits per heavy atom. The molecule has 1 unspecified atom stereocenters. The highest BCUT2D eigenvalue weighted by Crippen LogP contribution is 2.32. The fraction of sp³-hybridized carbons (Fsp3) is 0.368. The van der Waals surface area contributed by atoms with Crippen LogP contribution in [0.4, 0.5) is 0 Å². The minimum Gasteiger partial charge on any atom is -0.306 e. The van der Waals surface area contributed by atoms with Crippen LogP contribution in [0.25, 0.3) is 0 Å². The molecule has 1 nitrogen and oxygen atoms in total. The van der Waals surface area contributed by atoms with E-state index in [1.54, 1.807) is 5.56 Å². The summed E-state index contributed by atoms with van der Waals surface area (Å²) < 4.78 is 1.18. The highest BCUT2D eigenvalue weighted by molar-refractivity contribution is 9.10. The number of hydrogen-bond donors (Lipinski definition) is 1. The standard InChI is InChI=1S/C19H22BrN/c1-3-21-19(17-11-13(2)7-10-18(17)20)16-9-8-14-5-4-6-15(14)12-16/h7-12,19,21H,3-6H2,1-2H3. The molecule has 2 aromatic rings. The second-order valence-corrected chi connectivity index (χ2v) is 6.75. The van der Waals surface area contributed by atoms with Gasteiger partial charge in [-0.1, -0.05) is 58.7 Å². The van der Waals surface area contributed by atoms with Gasteiger partial charge in [-0.15, -0.1) is 0 Å². The van der Waals surface area contributed by atoms with Crippen molar-refractivity contribution in [2.45, 2.75) is 39.2 Å². The summed E-state index contributed by atoms with van der Waals surface area (Å²) in [6.07, 6.45) is 3.78. The molecule has 1 atom stereocenters. The SMILES string of the molecule is CCNC(c1ccc2c(c1)CCC2)c1cc(C)ccc1Br. The van der Waals surface area contributed by atoms with Crippen LogP contribution in [0.3, 0.4) is 0 Å². The van der Waals surface area contributed by atoms with Crippen LogP contribution in [0.15, 0.2) is 40.9 Å². The molecule has 1 aliphatic rings. The van der Waals surface area contributed by atoms with E-state index in [-0.39, 0.29) is 6.04 Å². The van der Waals surface area contributed by atoms with Crippen molar-refractivity contribution in [1.29, 1.82) is 0 Å². The first-order valence-corrected chi connectivity index (χ1v) is 8.59. The molecule has 2 aromatic carbocycles. The summed E-state index contributed by atoms with van der Waals surface area (Å²) in [4.78, 5) is 0. The Morgan fingerprint density at radius 3 is 2.71 bits per heavy atom. The molecule has 0 aliphatic heterocycles. The largest absolute Gasteiger partial charge is 0.306 e. The summed E-state index contributed by atoms with van der Waals surface area (Å²) in [6.45, 7) is 5.29. The number of nitrogens with one attached hydrogen (secondary N) is 1. The van der Waals surface area contributed by atoms with Crippen LogP contribution in [-0.2, 0) is 12.8 Å². The van der Waals surface area contributed by atoms with Crippen molar-refractivity contribution in [3.8, 4) is 0 Å². The van der Waals surface area contributed by atoms with E-state index in [1.165, 1.54) is 46.0 Å². The van der Waals surface area contributed by atoms with Gasteiger partial charge >= 0.3 is 0 Å². The zero-order valence-corrected chi connectivity index (χ0v) is 14.3. The van der Waals surface area contributed by atoms with Crippen LogP contribution >= 0.6 is 15.9 Å². The first kappa shape index (κ1) is 14.8. The molecule has 0 amide bonds. The Morgan fingerprint density at radius 1 is 1.10 bits per heavy atom. The lowest BCUT2D eigenvalue weighted by Gasteiger charge is -2.21. The lowest BCUT2D eigenvalue weighted by atomic mass is 9.94. The van der Waals surface area contributed by atoms with E-state index in [4.69, 9.17) is 0 Å². The predicted molar refractivity (Wildman–Crippen MR) is 92.9 cm³/mol. The van der Waals surface area contributed by atoms with Gasteiger partial charge in [0.25, 0.3) is 0 Å². The number of fused-ring (bicyclic) bond motifs is 1. The highest BCUT2D eigenvalue weighted by Gasteiger charge is 2.19. The van der Waals surface area contributed by atoms with Crippen LogP contribution in [0, 0.1) is 6.92 Å². The van der Waals surface area contributed by atoms with Crippen LogP contribution < -0.4 is 5.32 Å². The van der Waals surface area contributed by atoms with Crippen molar-refractivity contribution in [2.24, 2.45) is 0 Å². The van der Waals surface area contributed by atoms with Gasteiger partial charge in [0.15, 0.2) is 0 Å². The molecule has 0 radical (unpaired) electrons. The monoisotopic (exact) mass is 343 g/mol. The maximum atomic E-state index is 3.72. The number of aryl methyl sites for hydroxylation is 3. The topological polar surface area (TPSA) is 12.0 Å². The Balaban J connectivity index is 2.03. The van der Waals surface area contributed by atoms with Gasteiger partial charge in [-0.3, -0.25) is 0 Å². The minimum atomic E-state index is 0.259. The van der Waals surface area contributed by atoms with Gasteiger partial charge in [-0.05, 0) is 61.1 Å². The van der Waals surface area contributed by atoms with Gasteiger partial charge in [-0.2, -0.15) is 0 Å². The molecule has 0 saturated heterocycles. The molecule has 0 bridgehead atoms. The average Bonchev–Trinajstić information content (AvgIpc) is 2.95. The van der Waals surface area contributed by atoms with Gasteiger partial charge in [0.1, 0.15) is 0 Å². The first-order valence-electron chi connectivity index (χ1n) is 7.80. The minimum absolute atomic E-state index is 0.259. The number of benzene rings is 2. The van der Waals surface area contributed by atoms with Gasteiger partial charge in [-0.25, -0.2) is 0 Å². The zero-order chi connectivity index (χ0) is 14.8. The maximum absolute atomic E-state index is 3.72. The Kier molecular flexibility index (Phi) is 4.46. The van der Waals surface area contributed by atoms with Crippen molar-refractivity contribution >= 4 is 15.9 Å². The third-order valence-electron chi connectivity index (χ3n) is 4.33. The lowest BCUT2D eigenvalue weighted by Crippen LogP contribution is -2.22. The molecule has 1 N–H and O–H groups in total. The van der Waals surface area contributed by atoms with Gasteiger partial charge in [0.05, 0.1) is 6.04 Å². The van der Waals surface area contributed by atoms with E-state index in [0.29, 0.717) is 0 Å². The molecule has 3 rings (SSSR count). The molecule has 0 heterocycles. The summed E-state index contributed by atoms with van der Waals surface area (Å²) in [7, 11) is 0. The number of hydrogen-bond acceptors (Lipinski definition) is 1. The van der Waals surface area contributed by atoms with Crippen LogP contribution in [0.5, 0.6) is 0 Å². The fourth-order valence-electron chi connectivity index (χ4n) is 3.27. The Hall–Kier alpha value is -1.12. The maximum Gasteiger partial charge on any atom is 0.0587 e. The average molecular weight is 344 g/mol. The van der Waals surface area contributed by atoms with Crippen LogP contribution in [-0.4, -0.2) is 6.54 Å². The number of halogens is 1. The molecule has 0 saturated carbocycles. The fourth-order valence-corrected chi connectivity index (χ4v) is 3.74. The lowest BCUT2D eigenvalue weighted by molar-refractivity contribution is 0.627. The molecule has 0 spiro atoms. The smallest absolute Gasteiger partial charge is 0.0587 e. The van der Waals surface area contributed by atoms with Gasteiger partial charge in [0, 0.05) is 4.47 Å². The predicted octanol–water partition coefficient (Wildman–Crippen LogP) is 4.95. The summed E-state index contributed by atoms with van der Waals surface area (Å²) in [6, 6.07) is 13.9. The van der Waals surface area contributed by atoms with E-state index in [2.05, 4.69) is 71.5 Å². The van der Waals surface area contributed by atoms with Crippen LogP contribution in [0.2, 0.25) is 0 Å². The summed E-state index contributed by atoms with van der Waals surface area (Å²) in [5.41, 5.74) is 7.09. The molecule has 110 valence electrons. The second-order valence-electron chi connectivity index (χ2n) is 5.90. The van der Waals surface area contributed by atoms with Gasteiger partial charge in [0.2, 0.25) is 0 Å². The first-order chi connectivity index (χ1) is 10.2. The van der Waals surface area contributed by atoms with Crippen molar-refractivity contribution in [1.82, 2.24) is 5.32 Å². The second kappa shape index (κ2) is 6.33. The van der Waals surface area contributed by atoms with Crippen molar-refractivity contribution in [3.05, 3.63) is 68.7 Å². The summed E-state index contributed by atoms with van der Waals surface area (Å²) in [5, 5.41) is 3.64. The van der Waals surface area contributed by atoms with Crippen LogP contribution in [0.1, 0.15) is 47.2 Å². The molecule has 0 aromatic heterocycles. The molecular weight excluding hydrogens is 322 g/mol. The Labute approximate surface area is 135 Å². The molecule has 0 fully saturated rings. The van der Waals surface area contributed by atoms with E-state index in [0.717, 1.165) is 6.54 Å². The Bertz CT molecular complexity index is 648. The van der Waals surface area contributed by atoms with E-state index in [1.807, 2.05) is 0 Å². The van der Waals surface area contributed by atoms with Crippen molar-refractivity contribution < 1.29 is 0 Å². The molecular formula is C19H22BrN. The van der Waals surface area contributed by atoms with Crippen molar-refractivity contribution in [3.63, 3.8) is 0 Å². The summed E-state index contributed by atoms with van der Waals surface area (Å²) >= 11 is 3.72. The molecule has 2 heteroatoms. The number of rotatable bonds is 4. The van der Waals surface area contributed by atoms with E-state index in [9.17, 15) is 0 Å². The third-order valence-corrected chi connectivity index (χ3v) is 5.05. The van der Waals surface area contributed by atoms with Gasteiger partial charge < -0.3 is 5.32 Å². The normalized spacial score (nSPS) is 15.0. The quantitative estimate of drug-likeness (QED) is 0.828. The molecule has 21 heavy (non-hydrogen) atoms. The van der Waals surface area contributed by atoms with E-state index >= 15 is 0 Å². The van der Waals surface area contributed by atoms with Crippen molar-refractivity contribution in [2.75, 3.05) is 6.54 Å².